The molecule has 1 aliphatic rings. The summed E-state index contributed by atoms with van der Waals surface area (Å²) in [5.41, 5.74) is 0.608. The van der Waals surface area contributed by atoms with Gasteiger partial charge in [0.2, 0.25) is 5.91 Å². The number of hydrogen-bond donors (Lipinski definition) is 0. The van der Waals surface area contributed by atoms with E-state index in [1.165, 1.54) is 0 Å². The fourth-order valence-electron chi connectivity index (χ4n) is 2.13. The van der Waals surface area contributed by atoms with Gasteiger partial charge in [0, 0.05) is 7.11 Å². The molecule has 0 aromatic heterocycles. The number of carbonyl (C=O) groups excluding carboxylic acids is 1. The third kappa shape index (κ3) is 3.28. The first-order valence-electron chi connectivity index (χ1n) is 6.58. The van der Waals surface area contributed by atoms with E-state index in [1.807, 2.05) is 6.92 Å². The molecule has 2 rings (SSSR count). The van der Waals surface area contributed by atoms with E-state index in [0.717, 1.165) is 5.75 Å². The Kier molecular flexibility index (Phi) is 4.59. The van der Waals surface area contributed by atoms with Crippen molar-refractivity contribution in [2.24, 2.45) is 5.92 Å². The third-order valence-electron chi connectivity index (χ3n) is 3.28. The molecule has 0 radical (unpaired) electrons. The second-order valence-electron chi connectivity index (χ2n) is 4.98. The highest BCUT2D eigenvalue weighted by atomic mass is 16.5. The molecule has 0 aliphatic carbocycles. The smallest absolute Gasteiger partial charge is 0.227 e. The molecular weight excluding hydrogens is 256 g/mol. The molecule has 1 heterocycles. The molecule has 0 saturated carbocycles. The van der Waals surface area contributed by atoms with Crippen molar-refractivity contribution in [3.63, 3.8) is 0 Å². The van der Waals surface area contributed by atoms with Gasteiger partial charge in [0.1, 0.15) is 11.9 Å². The summed E-state index contributed by atoms with van der Waals surface area (Å²) < 4.78 is 10.7. The lowest BCUT2D eigenvalue weighted by Crippen LogP contribution is -2.57. The fraction of sp³-hybridized carbons (Fsp3) is 0.467. The third-order valence-corrected chi connectivity index (χ3v) is 3.28. The summed E-state index contributed by atoms with van der Waals surface area (Å²) in [5, 5.41) is 8.71. The number of likely N-dealkylation sites (tertiary alicyclic amines) is 1. The molecule has 1 aromatic rings. The van der Waals surface area contributed by atoms with Crippen molar-refractivity contribution in [3.05, 3.63) is 29.8 Å². The highest BCUT2D eigenvalue weighted by Crippen LogP contribution is 2.20. The minimum atomic E-state index is -0.115. The maximum Gasteiger partial charge on any atom is 0.227 e. The molecule has 1 aromatic carbocycles. The topological polar surface area (TPSA) is 62.6 Å². The molecule has 1 fully saturated rings. The van der Waals surface area contributed by atoms with Crippen LogP contribution in [0.3, 0.4) is 0 Å². The highest BCUT2D eigenvalue weighted by molar-refractivity contribution is 5.79. The van der Waals surface area contributed by atoms with Gasteiger partial charge in [-0.15, -0.1) is 0 Å². The van der Waals surface area contributed by atoms with Gasteiger partial charge in [0.25, 0.3) is 0 Å². The van der Waals surface area contributed by atoms with Crippen LogP contribution < -0.4 is 4.74 Å². The van der Waals surface area contributed by atoms with Crippen LogP contribution in [0.25, 0.3) is 0 Å². The van der Waals surface area contributed by atoms with Crippen LogP contribution in [0.2, 0.25) is 0 Å². The molecule has 1 saturated heterocycles. The SMILES string of the molecule is COCC(C)C(=O)N1CC(Oc2ccc(C#N)cc2)C1. The van der Waals surface area contributed by atoms with Crippen LogP contribution in [-0.2, 0) is 9.53 Å². The number of hydrogen-bond acceptors (Lipinski definition) is 4. The molecule has 20 heavy (non-hydrogen) atoms. The summed E-state index contributed by atoms with van der Waals surface area (Å²) in [6, 6.07) is 9.05. The molecule has 0 bridgehead atoms. The molecule has 106 valence electrons. The van der Waals surface area contributed by atoms with E-state index in [0.29, 0.717) is 25.3 Å². The van der Waals surface area contributed by atoms with Crippen molar-refractivity contribution in [1.29, 1.82) is 5.26 Å². The van der Waals surface area contributed by atoms with Crippen LogP contribution in [-0.4, -0.2) is 43.7 Å². The summed E-state index contributed by atoms with van der Waals surface area (Å²) in [4.78, 5) is 13.7. The van der Waals surface area contributed by atoms with Crippen LogP contribution in [0.5, 0.6) is 5.75 Å². The van der Waals surface area contributed by atoms with E-state index in [-0.39, 0.29) is 17.9 Å². The van der Waals surface area contributed by atoms with Gasteiger partial charge in [0.15, 0.2) is 0 Å². The Morgan fingerprint density at radius 2 is 2.10 bits per heavy atom. The number of carbonyl (C=O) groups is 1. The molecule has 1 atom stereocenters. The number of nitriles is 1. The minimum absolute atomic E-state index is 0.0293. The number of methoxy groups -OCH3 is 1. The average molecular weight is 274 g/mol. The Morgan fingerprint density at radius 1 is 1.45 bits per heavy atom. The molecule has 1 amide bonds. The molecular formula is C15H18N2O3. The summed E-state index contributed by atoms with van der Waals surface area (Å²) >= 11 is 0. The van der Waals surface area contributed by atoms with Gasteiger partial charge < -0.3 is 14.4 Å². The lowest BCUT2D eigenvalue weighted by molar-refractivity contribution is -0.145. The predicted octanol–water partition coefficient (Wildman–Crippen LogP) is 1.43. The maximum atomic E-state index is 12.0. The van der Waals surface area contributed by atoms with Gasteiger partial charge in [-0.05, 0) is 24.3 Å². The summed E-state index contributed by atoms with van der Waals surface area (Å²) in [5.74, 6) is 0.716. The zero-order valence-corrected chi connectivity index (χ0v) is 11.7. The van der Waals surface area contributed by atoms with E-state index in [9.17, 15) is 4.79 Å². The number of amides is 1. The molecule has 0 spiro atoms. The van der Waals surface area contributed by atoms with Crippen molar-refractivity contribution in [2.45, 2.75) is 13.0 Å². The lowest BCUT2D eigenvalue weighted by Gasteiger charge is -2.40. The Labute approximate surface area is 118 Å². The standard InChI is InChI=1S/C15H18N2O3/c1-11(10-19-2)15(18)17-8-14(9-17)20-13-5-3-12(7-16)4-6-13/h3-6,11,14H,8-10H2,1-2H3. The normalized spacial score (nSPS) is 16.1. The zero-order chi connectivity index (χ0) is 14.5. The van der Waals surface area contributed by atoms with Crippen molar-refractivity contribution in [1.82, 2.24) is 4.90 Å². The van der Waals surface area contributed by atoms with E-state index in [4.69, 9.17) is 14.7 Å². The Bertz CT molecular complexity index is 501. The first-order valence-corrected chi connectivity index (χ1v) is 6.58. The first kappa shape index (κ1) is 14.4. The highest BCUT2D eigenvalue weighted by Gasteiger charge is 2.34. The van der Waals surface area contributed by atoms with Crippen LogP contribution in [0.15, 0.2) is 24.3 Å². The monoisotopic (exact) mass is 274 g/mol. The number of nitrogens with zero attached hydrogens (tertiary/aromatic N) is 2. The fourth-order valence-corrected chi connectivity index (χ4v) is 2.13. The molecule has 0 N–H and O–H groups in total. The van der Waals surface area contributed by atoms with Gasteiger partial charge in [0.05, 0.1) is 37.2 Å². The van der Waals surface area contributed by atoms with Gasteiger partial charge in [-0.1, -0.05) is 6.92 Å². The Balaban J connectivity index is 1.79. The minimum Gasteiger partial charge on any atom is -0.487 e. The van der Waals surface area contributed by atoms with Gasteiger partial charge in [-0.25, -0.2) is 0 Å². The van der Waals surface area contributed by atoms with Crippen LogP contribution in [0.4, 0.5) is 0 Å². The van der Waals surface area contributed by atoms with Crippen molar-refractivity contribution in [3.8, 4) is 11.8 Å². The van der Waals surface area contributed by atoms with Gasteiger partial charge >= 0.3 is 0 Å². The summed E-state index contributed by atoms with van der Waals surface area (Å²) in [6.07, 6.45) is 0.0293. The molecule has 1 aliphatic heterocycles. The predicted molar refractivity (Wildman–Crippen MR) is 73.2 cm³/mol. The molecule has 5 nitrogen and oxygen atoms in total. The zero-order valence-electron chi connectivity index (χ0n) is 11.7. The van der Waals surface area contributed by atoms with Crippen LogP contribution >= 0.6 is 0 Å². The Hall–Kier alpha value is -2.06. The second kappa shape index (κ2) is 6.40. The lowest BCUT2D eigenvalue weighted by atomic mass is 10.1. The van der Waals surface area contributed by atoms with Crippen molar-refractivity contribution in [2.75, 3.05) is 26.8 Å². The quantitative estimate of drug-likeness (QED) is 0.815. The van der Waals surface area contributed by atoms with E-state index >= 15 is 0 Å². The van der Waals surface area contributed by atoms with Gasteiger partial charge in [-0.2, -0.15) is 5.26 Å². The van der Waals surface area contributed by atoms with Crippen molar-refractivity contribution >= 4 is 5.91 Å². The Morgan fingerprint density at radius 3 is 2.65 bits per heavy atom. The first-order chi connectivity index (χ1) is 9.63. The van der Waals surface area contributed by atoms with Crippen LogP contribution in [0, 0.1) is 17.2 Å². The molecule has 1 unspecified atom stereocenters. The molecule has 5 heteroatoms. The van der Waals surface area contributed by atoms with Gasteiger partial charge in [-0.3, -0.25) is 4.79 Å². The number of rotatable bonds is 5. The van der Waals surface area contributed by atoms with E-state index < -0.39 is 0 Å². The largest absolute Gasteiger partial charge is 0.487 e. The summed E-state index contributed by atoms with van der Waals surface area (Å²) in [7, 11) is 1.59. The maximum absolute atomic E-state index is 12.0. The summed E-state index contributed by atoms with van der Waals surface area (Å²) in [6.45, 7) is 3.51. The average Bonchev–Trinajstić information content (AvgIpc) is 2.42. The second-order valence-corrected chi connectivity index (χ2v) is 4.98. The number of benzene rings is 1. The van der Waals surface area contributed by atoms with E-state index in [1.54, 1.807) is 36.3 Å². The van der Waals surface area contributed by atoms with E-state index in [2.05, 4.69) is 6.07 Å². The van der Waals surface area contributed by atoms with Crippen molar-refractivity contribution < 1.29 is 14.3 Å². The number of ether oxygens (including phenoxy) is 2. The van der Waals surface area contributed by atoms with Crippen LogP contribution in [0.1, 0.15) is 12.5 Å².